The average molecular weight is 399 g/mol. The summed E-state index contributed by atoms with van der Waals surface area (Å²) in [4.78, 5) is 19.0. The minimum absolute atomic E-state index is 0.166. The third-order valence-corrected chi connectivity index (χ3v) is 5.78. The second-order valence-corrected chi connectivity index (χ2v) is 8.15. The zero-order chi connectivity index (χ0) is 19.5. The monoisotopic (exact) mass is 398 g/mol. The van der Waals surface area contributed by atoms with Gasteiger partial charge in [-0.05, 0) is 50.4 Å². The Morgan fingerprint density at radius 3 is 2.68 bits per heavy atom. The number of aromatic nitrogens is 4. The standard InChI is InChI=1S/C20H23ClN6O/c1-13-6-19(26-18(9-22)25-13)28-12-16-8-15(16)7-14-2-4-27(5-3-14)20-23-10-17(21)11-24-20/h6,10-11,14-16H,2-5,7-8,12H2,1H3. The van der Waals surface area contributed by atoms with Crippen LogP contribution in [0.4, 0.5) is 5.95 Å². The molecule has 2 fully saturated rings. The van der Waals surface area contributed by atoms with E-state index in [2.05, 4.69) is 24.8 Å². The van der Waals surface area contributed by atoms with Gasteiger partial charge in [0.15, 0.2) is 0 Å². The number of nitrogens with zero attached hydrogens (tertiary/aromatic N) is 6. The van der Waals surface area contributed by atoms with Crippen molar-refractivity contribution >= 4 is 17.5 Å². The third-order valence-electron chi connectivity index (χ3n) is 5.59. The number of aryl methyl sites for hydroxylation is 1. The van der Waals surface area contributed by atoms with E-state index in [0.29, 0.717) is 23.4 Å². The summed E-state index contributed by atoms with van der Waals surface area (Å²) in [6, 6.07) is 3.76. The minimum Gasteiger partial charge on any atom is -0.477 e. The van der Waals surface area contributed by atoms with Crippen molar-refractivity contribution in [2.24, 2.45) is 17.8 Å². The van der Waals surface area contributed by atoms with Gasteiger partial charge in [-0.25, -0.2) is 15.0 Å². The predicted molar refractivity (Wildman–Crippen MR) is 105 cm³/mol. The van der Waals surface area contributed by atoms with Crippen molar-refractivity contribution in [2.75, 3.05) is 24.6 Å². The zero-order valence-electron chi connectivity index (χ0n) is 15.9. The van der Waals surface area contributed by atoms with Gasteiger partial charge in [0.05, 0.1) is 24.0 Å². The highest BCUT2D eigenvalue weighted by Crippen LogP contribution is 2.45. The molecule has 8 heteroatoms. The molecule has 2 aliphatic rings. The smallest absolute Gasteiger partial charge is 0.235 e. The fourth-order valence-corrected chi connectivity index (χ4v) is 4.02. The summed E-state index contributed by atoms with van der Waals surface area (Å²) in [5, 5.41) is 9.53. The van der Waals surface area contributed by atoms with Crippen molar-refractivity contribution in [1.29, 1.82) is 5.26 Å². The number of anilines is 1. The highest BCUT2D eigenvalue weighted by Gasteiger charge is 2.39. The number of piperidine rings is 1. The van der Waals surface area contributed by atoms with E-state index < -0.39 is 0 Å². The molecule has 1 saturated heterocycles. The second-order valence-electron chi connectivity index (χ2n) is 7.72. The van der Waals surface area contributed by atoms with Crippen molar-refractivity contribution in [3.63, 3.8) is 0 Å². The number of ether oxygens (including phenoxy) is 1. The minimum atomic E-state index is 0.166. The largest absolute Gasteiger partial charge is 0.477 e. The topological polar surface area (TPSA) is 87.8 Å². The normalized spacial score (nSPS) is 22.0. The summed E-state index contributed by atoms with van der Waals surface area (Å²) in [5.41, 5.74) is 0.755. The van der Waals surface area contributed by atoms with Crippen LogP contribution in [0.2, 0.25) is 5.02 Å². The zero-order valence-corrected chi connectivity index (χ0v) is 16.6. The Bertz CT molecular complexity index is 860. The number of halogens is 1. The van der Waals surface area contributed by atoms with E-state index in [1.807, 2.05) is 13.0 Å². The van der Waals surface area contributed by atoms with Gasteiger partial charge in [-0.1, -0.05) is 11.6 Å². The first kappa shape index (κ1) is 18.9. The molecular formula is C20H23ClN6O. The van der Waals surface area contributed by atoms with E-state index in [-0.39, 0.29) is 5.82 Å². The third kappa shape index (κ3) is 4.68. The van der Waals surface area contributed by atoms with Crippen LogP contribution in [0.15, 0.2) is 18.5 Å². The van der Waals surface area contributed by atoms with Crippen LogP contribution in [-0.4, -0.2) is 39.6 Å². The van der Waals surface area contributed by atoms with E-state index >= 15 is 0 Å². The van der Waals surface area contributed by atoms with Crippen molar-refractivity contribution in [3.8, 4) is 11.9 Å². The average Bonchev–Trinajstić information content (AvgIpc) is 3.45. The molecule has 146 valence electrons. The number of rotatable bonds is 6. The van der Waals surface area contributed by atoms with Gasteiger partial charge in [0.1, 0.15) is 6.07 Å². The summed E-state index contributed by atoms with van der Waals surface area (Å²) >= 11 is 5.86. The molecule has 0 bridgehead atoms. The lowest BCUT2D eigenvalue weighted by Gasteiger charge is -2.32. The summed E-state index contributed by atoms with van der Waals surface area (Å²) in [6.45, 7) is 4.51. The fourth-order valence-electron chi connectivity index (χ4n) is 3.92. The van der Waals surface area contributed by atoms with Crippen LogP contribution in [0.5, 0.6) is 5.88 Å². The molecule has 0 radical (unpaired) electrons. The second kappa shape index (κ2) is 8.27. The SMILES string of the molecule is Cc1cc(OCC2CC2CC2CCN(c3ncc(Cl)cn3)CC2)nc(C#N)n1. The Labute approximate surface area is 169 Å². The van der Waals surface area contributed by atoms with Gasteiger partial charge in [-0.15, -0.1) is 0 Å². The van der Waals surface area contributed by atoms with Crippen LogP contribution in [0.3, 0.4) is 0 Å². The first-order chi connectivity index (χ1) is 13.6. The van der Waals surface area contributed by atoms with Gasteiger partial charge < -0.3 is 9.64 Å². The van der Waals surface area contributed by atoms with E-state index in [1.165, 1.54) is 25.7 Å². The molecule has 3 heterocycles. The van der Waals surface area contributed by atoms with E-state index in [0.717, 1.165) is 36.6 Å². The molecule has 2 unspecified atom stereocenters. The summed E-state index contributed by atoms with van der Waals surface area (Å²) < 4.78 is 5.82. The van der Waals surface area contributed by atoms with Crippen LogP contribution < -0.4 is 9.64 Å². The Morgan fingerprint density at radius 2 is 1.96 bits per heavy atom. The van der Waals surface area contributed by atoms with Gasteiger partial charge in [0.25, 0.3) is 0 Å². The molecule has 7 nitrogen and oxygen atoms in total. The van der Waals surface area contributed by atoms with Gasteiger partial charge >= 0.3 is 0 Å². The lowest BCUT2D eigenvalue weighted by Crippen LogP contribution is -2.35. The number of hydrogen-bond donors (Lipinski definition) is 0. The van der Waals surface area contributed by atoms with E-state index in [9.17, 15) is 0 Å². The molecule has 4 rings (SSSR count). The Kier molecular flexibility index (Phi) is 5.58. The van der Waals surface area contributed by atoms with Gasteiger partial charge in [-0.2, -0.15) is 10.2 Å². The Morgan fingerprint density at radius 1 is 1.21 bits per heavy atom. The van der Waals surface area contributed by atoms with Gasteiger partial charge in [0, 0.05) is 24.8 Å². The van der Waals surface area contributed by atoms with Crippen molar-refractivity contribution < 1.29 is 4.74 Å². The highest BCUT2D eigenvalue weighted by molar-refractivity contribution is 6.30. The molecule has 0 aromatic carbocycles. The molecule has 1 aliphatic heterocycles. The lowest BCUT2D eigenvalue weighted by atomic mass is 9.91. The summed E-state index contributed by atoms with van der Waals surface area (Å²) in [7, 11) is 0. The van der Waals surface area contributed by atoms with Gasteiger partial charge in [-0.3, -0.25) is 0 Å². The quantitative estimate of drug-likeness (QED) is 0.736. The van der Waals surface area contributed by atoms with Crippen LogP contribution in [0, 0.1) is 36.0 Å². The molecule has 2 aromatic heterocycles. The molecule has 0 spiro atoms. The Hall–Kier alpha value is -2.46. The first-order valence-corrected chi connectivity index (χ1v) is 10.1. The molecular weight excluding hydrogens is 376 g/mol. The lowest BCUT2D eigenvalue weighted by molar-refractivity contribution is 0.270. The maximum Gasteiger partial charge on any atom is 0.235 e. The molecule has 1 aliphatic carbocycles. The number of nitriles is 1. The van der Waals surface area contributed by atoms with Crippen molar-refractivity contribution in [3.05, 3.63) is 35.0 Å². The number of hydrogen-bond acceptors (Lipinski definition) is 7. The fraction of sp³-hybridized carbons (Fsp3) is 0.550. The Balaban J connectivity index is 1.20. The van der Waals surface area contributed by atoms with Crippen molar-refractivity contribution in [1.82, 2.24) is 19.9 Å². The van der Waals surface area contributed by atoms with Crippen LogP contribution >= 0.6 is 11.6 Å². The predicted octanol–water partition coefficient (Wildman–Crippen LogP) is 3.42. The molecule has 1 saturated carbocycles. The van der Waals surface area contributed by atoms with Gasteiger partial charge in [0.2, 0.25) is 17.7 Å². The van der Waals surface area contributed by atoms with E-state index in [1.54, 1.807) is 18.5 Å². The maximum atomic E-state index is 8.96. The molecule has 2 atom stereocenters. The highest BCUT2D eigenvalue weighted by atomic mass is 35.5. The summed E-state index contributed by atoms with van der Waals surface area (Å²) in [5.74, 6) is 3.53. The molecule has 0 amide bonds. The van der Waals surface area contributed by atoms with Crippen LogP contribution in [0.1, 0.15) is 37.2 Å². The molecule has 2 aromatic rings. The first-order valence-electron chi connectivity index (χ1n) is 9.72. The van der Waals surface area contributed by atoms with Crippen LogP contribution in [0.25, 0.3) is 0 Å². The maximum absolute atomic E-state index is 8.96. The summed E-state index contributed by atoms with van der Waals surface area (Å²) in [6.07, 6.45) is 8.14. The van der Waals surface area contributed by atoms with E-state index in [4.69, 9.17) is 21.6 Å². The van der Waals surface area contributed by atoms with Crippen molar-refractivity contribution in [2.45, 2.75) is 32.6 Å². The van der Waals surface area contributed by atoms with Crippen LogP contribution in [-0.2, 0) is 0 Å². The molecule has 0 N–H and O–H groups in total. The molecule has 28 heavy (non-hydrogen) atoms.